The summed E-state index contributed by atoms with van der Waals surface area (Å²) in [6.07, 6.45) is 0.243. The molecule has 8 heteroatoms. The van der Waals surface area contributed by atoms with Crippen molar-refractivity contribution < 1.29 is 28.5 Å². The zero-order chi connectivity index (χ0) is 22.1. The van der Waals surface area contributed by atoms with Crippen LogP contribution in [-0.2, 0) is 19.1 Å². The summed E-state index contributed by atoms with van der Waals surface area (Å²) in [5, 5.41) is 2.78. The Balaban J connectivity index is 2.15. The normalized spacial score (nSPS) is 14.2. The van der Waals surface area contributed by atoms with E-state index in [2.05, 4.69) is 10.2 Å². The van der Waals surface area contributed by atoms with Crippen molar-refractivity contribution >= 4 is 23.3 Å². The van der Waals surface area contributed by atoms with Gasteiger partial charge in [-0.2, -0.15) is 0 Å². The fourth-order valence-corrected chi connectivity index (χ4v) is 3.06. The monoisotopic (exact) mass is 422 g/mol. The molecule has 30 heavy (non-hydrogen) atoms. The predicted molar refractivity (Wildman–Crippen MR) is 115 cm³/mol. The Morgan fingerprint density at radius 2 is 1.70 bits per heavy atom. The van der Waals surface area contributed by atoms with E-state index >= 15 is 0 Å². The van der Waals surface area contributed by atoms with Crippen molar-refractivity contribution in [2.45, 2.75) is 41.0 Å². The van der Waals surface area contributed by atoms with Gasteiger partial charge in [0.05, 0.1) is 44.2 Å². The molecule has 1 heterocycles. The average Bonchev–Trinajstić information content (AvgIpc) is 2.68. The molecule has 0 atom stereocenters. The number of anilines is 2. The lowest BCUT2D eigenvalue weighted by molar-refractivity contribution is -0.149. The van der Waals surface area contributed by atoms with Crippen LogP contribution in [0.2, 0.25) is 0 Å². The number of morpholine rings is 1. The summed E-state index contributed by atoms with van der Waals surface area (Å²) in [4.78, 5) is 26.4. The molecule has 8 nitrogen and oxygen atoms in total. The van der Waals surface area contributed by atoms with Gasteiger partial charge in [-0.3, -0.25) is 9.59 Å². The van der Waals surface area contributed by atoms with E-state index in [1.54, 1.807) is 6.07 Å². The van der Waals surface area contributed by atoms with Crippen LogP contribution in [0, 0.1) is 5.41 Å². The molecular weight excluding hydrogens is 388 g/mol. The molecular formula is C22H34N2O6. The number of carbonyl (C=O) groups excluding carboxylic acids is 2. The molecule has 1 aromatic rings. The largest absolute Gasteiger partial charge is 0.492 e. The Morgan fingerprint density at radius 1 is 1.07 bits per heavy atom. The minimum Gasteiger partial charge on any atom is -0.492 e. The number of ether oxygens (including phenoxy) is 4. The van der Waals surface area contributed by atoms with E-state index < -0.39 is 11.9 Å². The Hall–Kier alpha value is -2.48. The maximum Gasteiger partial charge on any atom is 0.306 e. The van der Waals surface area contributed by atoms with E-state index in [0.29, 0.717) is 43.6 Å². The first-order valence-electron chi connectivity index (χ1n) is 10.4. The summed E-state index contributed by atoms with van der Waals surface area (Å²) in [6.45, 7) is 13.0. The van der Waals surface area contributed by atoms with Gasteiger partial charge < -0.3 is 29.2 Å². The van der Waals surface area contributed by atoms with Crippen LogP contribution in [0.25, 0.3) is 0 Å². The molecule has 2 rings (SSSR count). The topological polar surface area (TPSA) is 86.3 Å². The van der Waals surface area contributed by atoms with Gasteiger partial charge in [0, 0.05) is 25.2 Å². The summed E-state index contributed by atoms with van der Waals surface area (Å²) in [6, 6.07) is 3.63. The summed E-state index contributed by atoms with van der Waals surface area (Å²) in [5.41, 5.74) is 1.18. The number of nitrogens with zero attached hydrogens (tertiary/aromatic N) is 1. The number of esters is 1. The minimum absolute atomic E-state index is 0.197. The van der Waals surface area contributed by atoms with Gasteiger partial charge in [-0.25, -0.2) is 0 Å². The number of nitrogens with one attached hydrogen (secondary N) is 1. The van der Waals surface area contributed by atoms with Crippen LogP contribution in [0.3, 0.4) is 0 Å². The van der Waals surface area contributed by atoms with Gasteiger partial charge in [-0.15, -0.1) is 0 Å². The SMILES string of the molecule is CCOc1cc(N2CCOCC2)c(OCC)cc1NC(=O)COC(=O)CC(C)(C)C. The molecule has 0 radical (unpaired) electrons. The van der Waals surface area contributed by atoms with E-state index in [-0.39, 0.29) is 18.4 Å². The summed E-state index contributed by atoms with van der Waals surface area (Å²) >= 11 is 0. The molecule has 1 aromatic carbocycles. The number of rotatable bonds is 9. The van der Waals surface area contributed by atoms with Crippen LogP contribution in [0.15, 0.2) is 12.1 Å². The van der Waals surface area contributed by atoms with E-state index in [4.69, 9.17) is 18.9 Å². The molecule has 1 N–H and O–H groups in total. The zero-order valence-corrected chi connectivity index (χ0v) is 18.7. The molecule has 0 bridgehead atoms. The molecule has 0 aliphatic carbocycles. The number of hydrogen-bond acceptors (Lipinski definition) is 7. The Kier molecular flexibility index (Phi) is 8.77. The fourth-order valence-electron chi connectivity index (χ4n) is 3.06. The third-order valence-electron chi connectivity index (χ3n) is 4.33. The van der Waals surface area contributed by atoms with E-state index in [9.17, 15) is 9.59 Å². The summed E-state index contributed by atoms with van der Waals surface area (Å²) < 4.78 is 22.1. The van der Waals surface area contributed by atoms with Gasteiger partial charge in [0.1, 0.15) is 11.5 Å². The first-order valence-corrected chi connectivity index (χ1v) is 10.4. The highest BCUT2D eigenvalue weighted by Crippen LogP contribution is 2.39. The highest BCUT2D eigenvalue weighted by molar-refractivity contribution is 5.95. The molecule has 1 aliphatic heterocycles. The van der Waals surface area contributed by atoms with Crippen molar-refractivity contribution in [3.8, 4) is 11.5 Å². The van der Waals surface area contributed by atoms with Gasteiger partial charge in [0.2, 0.25) is 0 Å². The number of carbonyl (C=O) groups is 2. The second-order valence-corrected chi connectivity index (χ2v) is 8.23. The quantitative estimate of drug-likeness (QED) is 0.612. The van der Waals surface area contributed by atoms with E-state index in [1.165, 1.54) is 0 Å². The second-order valence-electron chi connectivity index (χ2n) is 8.23. The van der Waals surface area contributed by atoms with Crippen LogP contribution in [-0.4, -0.2) is 58.0 Å². The Morgan fingerprint density at radius 3 is 2.30 bits per heavy atom. The van der Waals surface area contributed by atoms with Crippen molar-refractivity contribution in [3.63, 3.8) is 0 Å². The first-order chi connectivity index (χ1) is 14.2. The molecule has 168 valence electrons. The molecule has 1 aliphatic rings. The number of amides is 1. The average molecular weight is 423 g/mol. The first kappa shape index (κ1) is 23.8. The van der Waals surface area contributed by atoms with Crippen molar-refractivity contribution in [2.75, 3.05) is 56.3 Å². The van der Waals surface area contributed by atoms with Gasteiger partial charge in [-0.05, 0) is 19.3 Å². The van der Waals surface area contributed by atoms with Gasteiger partial charge in [0.15, 0.2) is 6.61 Å². The molecule has 0 saturated carbocycles. The predicted octanol–water partition coefficient (Wildman–Crippen LogP) is 3.24. The van der Waals surface area contributed by atoms with E-state index in [0.717, 1.165) is 18.8 Å². The lowest BCUT2D eigenvalue weighted by Gasteiger charge is -2.31. The fraction of sp³-hybridized carbons (Fsp3) is 0.636. The lowest BCUT2D eigenvalue weighted by atomic mass is 9.92. The smallest absolute Gasteiger partial charge is 0.306 e. The minimum atomic E-state index is -0.431. The van der Waals surface area contributed by atoms with Crippen LogP contribution in [0.4, 0.5) is 11.4 Å². The van der Waals surface area contributed by atoms with Crippen molar-refractivity contribution in [3.05, 3.63) is 12.1 Å². The number of benzene rings is 1. The molecule has 0 aromatic heterocycles. The van der Waals surface area contributed by atoms with Crippen molar-refractivity contribution in [2.24, 2.45) is 5.41 Å². The maximum absolute atomic E-state index is 12.4. The maximum atomic E-state index is 12.4. The zero-order valence-electron chi connectivity index (χ0n) is 18.7. The van der Waals surface area contributed by atoms with Crippen LogP contribution < -0.4 is 19.7 Å². The summed E-state index contributed by atoms with van der Waals surface area (Å²) in [7, 11) is 0. The highest BCUT2D eigenvalue weighted by Gasteiger charge is 2.21. The summed E-state index contributed by atoms with van der Waals surface area (Å²) in [5.74, 6) is 0.361. The molecule has 1 fully saturated rings. The molecule has 0 spiro atoms. The van der Waals surface area contributed by atoms with E-state index in [1.807, 2.05) is 40.7 Å². The molecule has 0 unspecified atom stereocenters. The molecule has 1 saturated heterocycles. The highest BCUT2D eigenvalue weighted by atomic mass is 16.5. The number of hydrogen-bond donors (Lipinski definition) is 1. The van der Waals surface area contributed by atoms with Crippen molar-refractivity contribution in [1.29, 1.82) is 0 Å². The lowest BCUT2D eigenvalue weighted by Crippen LogP contribution is -2.36. The van der Waals surface area contributed by atoms with Gasteiger partial charge in [-0.1, -0.05) is 20.8 Å². The third-order valence-corrected chi connectivity index (χ3v) is 4.33. The van der Waals surface area contributed by atoms with Crippen molar-refractivity contribution in [1.82, 2.24) is 0 Å². The second kappa shape index (κ2) is 11.1. The van der Waals surface area contributed by atoms with Gasteiger partial charge >= 0.3 is 5.97 Å². The van der Waals surface area contributed by atoms with Gasteiger partial charge in [0.25, 0.3) is 5.91 Å². The Labute approximate surface area is 178 Å². The van der Waals surface area contributed by atoms with Crippen LogP contribution in [0.5, 0.6) is 11.5 Å². The Bertz CT molecular complexity index is 723. The standard InChI is InChI=1S/C22H34N2O6/c1-6-28-18-13-17(24-8-10-27-11-9-24)19(29-7-2)12-16(18)23-20(25)15-30-21(26)14-22(3,4)5/h12-13H,6-11,14-15H2,1-5H3,(H,23,25). The third kappa shape index (κ3) is 7.40. The van der Waals surface area contributed by atoms with Crippen LogP contribution >= 0.6 is 0 Å². The van der Waals surface area contributed by atoms with Crippen LogP contribution in [0.1, 0.15) is 41.0 Å². The molecule has 1 amide bonds.